The van der Waals surface area contributed by atoms with Crippen LogP contribution in [-0.4, -0.2) is 11.9 Å². The van der Waals surface area contributed by atoms with Crippen LogP contribution in [0.5, 0.6) is 5.75 Å². The van der Waals surface area contributed by atoms with Crippen LogP contribution in [-0.2, 0) is 4.79 Å². The van der Waals surface area contributed by atoms with Gasteiger partial charge in [0.25, 0.3) is 5.91 Å². The molecular formula is C15H13NO3. The molecule has 19 heavy (non-hydrogen) atoms. The molecule has 2 rings (SSSR count). The zero-order valence-electron chi connectivity index (χ0n) is 10.4. The molecule has 0 saturated heterocycles. The summed E-state index contributed by atoms with van der Waals surface area (Å²) in [5, 5.41) is 2.72. The largest absolute Gasteiger partial charge is 0.424 e. The van der Waals surface area contributed by atoms with Crippen molar-refractivity contribution >= 4 is 17.6 Å². The number of rotatable bonds is 3. The van der Waals surface area contributed by atoms with E-state index in [4.69, 9.17) is 4.74 Å². The zero-order chi connectivity index (χ0) is 13.7. The Bertz CT molecular complexity index is 593. The van der Waals surface area contributed by atoms with Crippen molar-refractivity contribution < 1.29 is 14.3 Å². The molecule has 1 N–H and O–H groups in total. The van der Waals surface area contributed by atoms with Crippen molar-refractivity contribution in [2.24, 2.45) is 0 Å². The van der Waals surface area contributed by atoms with Crippen molar-refractivity contribution in [2.45, 2.75) is 6.92 Å². The molecule has 0 saturated carbocycles. The van der Waals surface area contributed by atoms with Crippen LogP contribution in [0.25, 0.3) is 0 Å². The fourth-order valence-electron chi connectivity index (χ4n) is 1.60. The summed E-state index contributed by atoms with van der Waals surface area (Å²) in [5.74, 6) is -0.346. The second-order valence-electron chi connectivity index (χ2n) is 3.91. The summed E-state index contributed by atoms with van der Waals surface area (Å²) in [6, 6.07) is 15.6. The lowest BCUT2D eigenvalue weighted by atomic mass is 10.2. The van der Waals surface area contributed by atoms with E-state index in [1.54, 1.807) is 48.5 Å². The highest BCUT2D eigenvalue weighted by Gasteiger charge is 2.10. The van der Waals surface area contributed by atoms with Crippen LogP contribution in [0.4, 0.5) is 5.69 Å². The first-order chi connectivity index (χ1) is 9.16. The maximum atomic E-state index is 12.0. The van der Waals surface area contributed by atoms with Crippen molar-refractivity contribution in [2.75, 3.05) is 5.32 Å². The van der Waals surface area contributed by atoms with Gasteiger partial charge < -0.3 is 10.1 Å². The average Bonchev–Trinajstić information content (AvgIpc) is 2.41. The van der Waals surface area contributed by atoms with Gasteiger partial charge in [0, 0.05) is 12.5 Å². The van der Waals surface area contributed by atoms with Gasteiger partial charge in [-0.2, -0.15) is 0 Å². The fourth-order valence-corrected chi connectivity index (χ4v) is 1.60. The van der Waals surface area contributed by atoms with E-state index < -0.39 is 5.97 Å². The van der Waals surface area contributed by atoms with E-state index in [1.807, 2.05) is 6.07 Å². The number of esters is 1. The summed E-state index contributed by atoms with van der Waals surface area (Å²) in [6.07, 6.45) is 0. The van der Waals surface area contributed by atoms with Crippen LogP contribution in [0.1, 0.15) is 17.3 Å². The maximum Gasteiger partial charge on any atom is 0.308 e. The molecule has 4 nitrogen and oxygen atoms in total. The monoisotopic (exact) mass is 255 g/mol. The number of carbonyl (C=O) groups is 2. The van der Waals surface area contributed by atoms with E-state index >= 15 is 0 Å². The predicted octanol–water partition coefficient (Wildman–Crippen LogP) is 2.86. The maximum absolute atomic E-state index is 12.0. The van der Waals surface area contributed by atoms with E-state index in [0.717, 1.165) is 0 Å². The molecular weight excluding hydrogens is 242 g/mol. The number of hydrogen-bond acceptors (Lipinski definition) is 3. The van der Waals surface area contributed by atoms with Crippen LogP contribution in [0.15, 0.2) is 54.6 Å². The van der Waals surface area contributed by atoms with Gasteiger partial charge in [-0.1, -0.05) is 30.3 Å². The molecule has 2 aromatic carbocycles. The first-order valence-electron chi connectivity index (χ1n) is 5.80. The average molecular weight is 255 g/mol. The molecule has 0 aliphatic heterocycles. The van der Waals surface area contributed by atoms with Gasteiger partial charge in [-0.25, -0.2) is 0 Å². The highest BCUT2D eigenvalue weighted by molar-refractivity contribution is 6.05. The third-order valence-electron chi connectivity index (χ3n) is 2.42. The van der Waals surface area contributed by atoms with Gasteiger partial charge >= 0.3 is 5.97 Å². The Morgan fingerprint density at radius 2 is 1.58 bits per heavy atom. The highest BCUT2D eigenvalue weighted by atomic mass is 16.5. The SMILES string of the molecule is CC(=O)Oc1ccccc1NC(=O)c1ccccc1. The molecule has 0 spiro atoms. The Kier molecular flexibility index (Phi) is 3.93. The first-order valence-corrected chi connectivity index (χ1v) is 5.80. The smallest absolute Gasteiger partial charge is 0.308 e. The number of benzene rings is 2. The van der Waals surface area contributed by atoms with Crippen molar-refractivity contribution in [3.8, 4) is 5.75 Å². The van der Waals surface area contributed by atoms with Crippen molar-refractivity contribution in [1.82, 2.24) is 0 Å². The third kappa shape index (κ3) is 3.42. The highest BCUT2D eigenvalue weighted by Crippen LogP contribution is 2.24. The van der Waals surface area contributed by atoms with Gasteiger partial charge in [0.15, 0.2) is 5.75 Å². The Balaban J connectivity index is 2.19. The molecule has 2 aromatic rings. The van der Waals surface area contributed by atoms with E-state index in [-0.39, 0.29) is 5.91 Å². The number of ether oxygens (including phenoxy) is 1. The molecule has 0 atom stereocenters. The molecule has 0 bridgehead atoms. The standard InChI is InChI=1S/C15H13NO3/c1-11(17)19-14-10-6-5-9-13(14)16-15(18)12-7-3-2-4-8-12/h2-10H,1H3,(H,16,18). The summed E-state index contributed by atoms with van der Waals surface area (Å²) in [6.45, 7) is 1.32. The van der Waals surface area contributed by atoms with Gasteiger partial charge in [-0.15, -0.1) is 0 Å². The Hall–Kier alpha value is -2.62. The number of amides is 1. The van der Waals surface area contributed by atoms with Gasteiger partial charge in [0.2, 0.25) is 0 Å². The lowest BCUT2D eigenvalue weighted by molar-refractivity contribution is -0.131. The third-order valence-corrected chi connectivity index (χ3v) is 2.42. The molecule has 0 unspecified atom stereocenters. The molecule has 0 aromatic heterocycles. The second-order valence-corrected chi connectivity index (χ2v) is 3.91. The minimum atomic E-state index is -0.429. The Morgan fingerprint density at radius 1 is 0.947 bits per heavy atom. The lowest BCUT2D eigenvalue weighted by Gasteiger charge is -2.10. The fraction of sp³-hybridized carbons (Fsp3) is 0.0667. The minimum Gasteiger partial charge on any atom is -0.424 e. The van der Waals surface area contributed by atoms with E-state index in [2.05, 4.69) is 5.32 Å². The minimum absolute atomic E-state index is 0.250. The molecule has 0 aliphatic carbocycles. The summed E-state index contributed by atoms with van der Waals surface area (Å²) in [5.41, 5.74) is 1.01. The van der Waals surface area contributed by atoms with E-state index in [1.165, 1.54) is 6.92 Å². The lowest BCUT2D eigenvalue weighted by Crippen LogP contribution is -2.13. The van der Waals surface area contributed by atoms with Crippen LogP contribution in [0.3, 0.4) is 0 Å². The van der Waals surface area contributed by atoms with Crippen LogP contribution >= 0.6 is 0 Å². The molecule has 96 valence electrons. The number of nitrogens with one attached hydrogen (secondary N) is 1. The number of carbonyl (C=O) groups excluding carboxylic acids is 2. The van der Waals surface area contributed by atoms with Crippen molar-refractivity contribution in [3.05, 3.63) is 60.2 Å². The van der Waals surface area contributed by atoms with Crippen LogP contribution < -0.4 is 10.1 Å². The topological polar surface area (TPSA) is 55.4 Å². The quantitative estimate of drug-likeness (QED) is 0.677. The number of hydrogen-bond donors (Lipinski definition) is 1. The summed E-state index contributed by atoms with van der Waals surface area (Å²) >= 11 is 0. The molecule has 0 radical (unpaired) electrons. The van der Waals surface area contributed by atoms with Crippen molar-refractivity contribution in [3.63, 3.8) is 0 Å². The van der Waals surface area contributed by atoms with E-state index in [0.29, 0.717) is 17.0 Å². The first kappa shape index (κ1) is 12.8. The van der Waals surface area contributed by atoms with Gasteiger partial charge in [0.05, 0.1) is 5.69 Å². The molecule has 1 amide bonds. The number of anilines is 1. The Labute approximate surface area is 111 Å². The molecule has 0 heterocycles. The predicted molar refractivity (Wildman–Crippen MR) is 72.1 cm³/mol. The van der Waals surface area contributed by atoms with Gasteiger partial charge in [-0.3, -0.25) is 9.59 Å². The van der Waals surface area contributed by atoms with Gasteiger partial charge in [0.1, 0.15) is 0 Å². The number of para-hydroxylation sites is 2. The normalized spacial score (nSPS) is 9.74. The molecule has 4 heteroatoms. The summed E-state index contributed by atoms with van der Waals surface area (Å²) in [4.78, 5) is 23.0. The van der Waals surface area contributed by atoms with Crippen molar-refractivity contribution in [1.29, 1.82) is 0 Å². The van der Waals surface area contributed by atoms with E-state index in [9.17, 15) is 9.59 Å². The molecule has 0 fully saturated rings. The Morgan fingerprint density at radius 3 is 2.26 bits per heavy atom. The second kappa shape index (κ2) is 5.82. The zero-order valence-corrected chi connectivity index (χ0v) is 10.4. The summed E-state index contributed by atoms with van der Waals surface area (Å²) in [7, 11) is 0. The van der Waals surface area contributed by atoms with Crippen LogP contribution in [0.2, 0.25) is 0 Å². The summed E-state index contributed by atoms with van der Waals surface area (Å²) < 4.78 is 5.03. The van der Waals surface area contributed by atoms with Crippen LogP contribution in [0, 0.1) is 0 Å². The van der Waals surface area contributed by atoms with Gasteiger partial charge in [-0.05, 0) is 24.3 Å². The molecule has 0 aliphatic rings.